The lowest BCUT2D eigenvalue weighted by Gasteiger charge is -2.18. The van der Waals surface area contributed by atoms with E-state index in [2.05, 4.69) is 104 Å². The molecule has 0 atom stereocenters. The van der Waals surface area contributed by atoms with Crippen LogP contribution in [-0.4, -0.2) is 9.13 Å². The molecule has 230 valence electrons. The molecule has 9 aromatic rings. The van der Waals surface area contributed by atoms with Gasteiger partial charge in [0.05, 0.1) is 52.5 Å². The highest BCUT2D eigenvalue weighted by atomic mass is 15.0. The Morgan fingerprint density at radius 1 is 0.460 bits per heavy atom. The molecule has 0 saturated carbocycles. The molecule has 7 aromatic carbocycles. The third-order valence-electron chi connectivity index (χ3n) is 9.60. The van der Waals surface area contributed by atoms with E-state index < -0.39 is 0 Å². The van der Waals surface area contributed by atoms with Gasteiger partial charge < -0.3 is 9.13 Å². The van der Waals surface area contributed by atoms with Crippen LogP contribution < -0.4 is 0 Å². The van der Waals surface area contributed by atoms with Crippen LogP contribution in [0.3, 0.4) is 0 Å². The zero-order valence-corrected chi connectivity index (χ0v) is 26.7. The van der Waals surface area contributed by atoms with Crippen molar-refractivity contribution in [2.24, 2.45) is 0 Å². The van der Waals surface area contributed by atoms with Gasteiger partial charge in [0, 0.05) is 27.4 Å². The van der Waals surface area contributed by atoms with Gasteiger partial charge in [-0.2, -0.15) is 5.26 Å². The first kappa shape index (κ1) is 28.8. The van der Waals surface area contributed by atoms with E-state index in [1.165, 1.54) is 10.8 Å². The fraction of sp³-hybridized carbons (Fsp3) is 0. The van der Waals surface area contributed by atoms with E-state index in [9.17, 15) is 5.26 Å². The van der Waals surface area contributed by atoms with Crippen molar-refractivity contribution in [3.8, 4) is 39.7 Å². The lowest BCUT2D eigenvalue weighted by Crippen LogP contribution is -1.98. The van der Waals surface area contributed by atoms with Gasteiger partial charge in [-0.1, -0.05) is 91.0 Å². The summed E-state index contributed by atoms with van der Waals surface area (Å²) in [4.78, 5) is 7.69. The van der Waals surface area contributed by atoms with Crippen LogP contribution in [0.15, 0.2) is 152 Å². The first-order chi connectivity index (χ1) is 24.7. The van der Waals surface area contributed by atoms with E-state index in [0.717, 1.165) is 66.5 Å². The van der Waals surface area contributed by atoms with Crippen LogP contribution >= 0.6 is 0 Å². The first-order valence-electron chi connectivity index (χ1n) is 16.2. The van der Waals surface area contributed by atoms with E-state index in [-0.39, 0.29) is 0 Å². The molecule has 50 heavy (non-hydrogen) atoms. The van der Waals surface area contributed by atoms with Crippen molar-refractivity contribution in [1.82, 2.24) is 9.13 Å². The number of benzene rings is 7. The summed E-state index contributed by atoms with van der Waals surface area (Å²) in [5, 5.41) is 13.9. The molecule has 0 aliphatic heterocycles. The summed E-state index contributed by atoms with van der Waals surface area (Å²) in [7, 11) is 0. The lowest BCUT2D eigenvalue weighted by molar-refractivity contribution is 1.18. The van der Waals surface area contributed by atoms with Crippen LogP contribution in [0.2, 0.25) is 0 Å². The SMILES string of the molecule is [C-]#[N+]c1ccc2c(c1)c1cc(C#N)ccc1n2-c1ccccc1-c1ccccc1-c1cc(-n2c3ccccc3c3ccccc32)ccc1[N+]#[C-]. The average Bonchev–Trinajstić information content (AvgIpc) is 3.69. The topological polar surface area (TPSA) is 42.4 Å². The molecule has 0 amide bonds. The molecular weight excluding hydrogens is 611 g/mol. The van der Waals surface area contributed by atoms with Crippen LogP contribution in [0.25, 0.3) is 86.9 Å². The minimum atomic E-state index is 0.548. The molecule has 0 aliphatic rings. The Hall–Kier alpha value is -7.39. The number of para-hydroxylation sites is 3. The lowest BCUT2D eigenvalue weighted by atomic mass is 9.92. The second-order valence-corrected chi connectivity index (χ2v) is 12.2. The van der Waals surface area contributed by atoms with Gasteiger partial charge in [-0.3, -0.25) is 0 Å². The fourth-order valence-electron chi connectivity index (χ4n) is 7.44. The number of nitriles is 1. The van der Waals surface area contributed by atoms with Crippen molar-refractivity contribution in [3.05, 3.63) is 180 Å². The van der Waals surface area contributed by atoms with Gasteiger partial charge in [0.1, 0.15) is 0 Å². The Bertz CT molecular complexity index is 2850. The van der Waals surface area contributed by atoms with E-state index in [1.54, 1.807) is 0 Å². The number of hydrogen-bond acceptors (Lipinski definition) is 1. The van der Waals surface area contributed by atoms with Crippen LogP contribution in [0.5, 0.6) is 0 Å². The maximum Gasteiger partial charge on any atom is 0.195 e. The van der Waals surface area contributed by atoms with Gasteiger partial charge in [0.15, 0.2) is 11.4 Å². The van der Waals surface area contributed by atoms with Crippen LogP contribution in [0.1, 0.15) is 5.56 Å². The monoisotopic (exact) mass is 635 g/mol. The molecule has 5 heteroatoms. The Kier molecular flexibility index (Phi) is 6.56. The summed E-state index contributed by atoms with van der Waals surface area (Å²) >= 11 is 0. The molecule has 0 fully saturated rings. The zero-order chi connectivity index (χ0) is 33.8. The number of nitrogens with zero attached hydrogens (tertiary/aromatic N) is 5. The standard InChI is InChI=1S/C45H25N5/c1-47-30-20-24-45-39(26-30)38-25-29(28-46)19-23-44(38)50(45)43-18-10-5-13-34(43)32-11-3-4-12-33(32)37-27-31(21-22-40(37)48-2)49-41-16-8-6-14-35(41)36-15-7-9-17-42(36)49/h3-27H. The summed E-state index contributed by atoms with van der Waals surface area (Å²) in [5.41, 5.74) is 11.6. The summed E-state index contributed by atoms with van der Waals surface area (Å²) in [6, 6.07) is 53.3. The Morgan fingerprint density at radius 3 is 1.72 bits per heavy atom. The van der Waals surface area contributed by atoms with Crippen molar-refractivity contribution in [2.75, 3.05) is 0 Å². The summed E-state index contributed by atoms with van der Waals surface area (Å²) in [5.74, 6) is 0. The van der Waals surface area contributed by atoms with Gasteiger partial charge >= 0.3 is 0 Å². The highest BCUT2D eigenvalue weighted by Gasteiger charge is 2.20. The maximum absolute atomic E-state index is 9.72. The highest BCUT2D eigenvalue weighted by Crippen LogP contribution is 2.44. The fourth-order valence-corrected chi connectivity index (χ4v) is 7.44. The number of rotatable bonds is 4. The van der Waals surface area contributed by atoms with Gasteiger partial charge in [0.25, 0.3) is 0 Å². The Balaban J connectivity index is 1.30. The average molecular weight is 636 g/mol. The van der Waals surface area contributed by atoms with Gasteiger partial charge in [-0.25, -0.2) is 9.69 Å². The quantitative estimate of drug-likeness (QED) is 0.177. The van der Waals surface area contributed by atoms with E-state index in [0.29, 0.717) is 16.9 Å². The largest absolute Gasteiger partial charge is 0.309 e. The molecule has 0 bridgehead atoms. The van der Waals surface area contributed by atoms with E-state index in [1.807, 2.05) is 72.8 Å². The second-order valence-electron chi connectivity index (χ2n) is 12.2. The molecule has 0 saturated heterocycles. The smallest absolute Gasteiger partial charge is 0.195 e. The molecule has 2 heterocycles. The highest BCUT2D eigenvalue weighted by molar-refractivity contribution is 6.12. The molecule has 0 aliphatic carbocycles. The molecule has 0 radical (unpaired) electrons. The summed E-state index contributed by atoms with van der Waals surface area (Å²) in [6.45, 7) is 15.8. The van der Waals surface area contributed by atoms with Crippen molar-refractivity contribution < 1.29 is 0 Å². The van der Waals surface area contributed by atoms with Crippen molar-refractivity contribution in [3.63, 3.8) is 0 Å². The molecule has 0 unspecified atom stereocenters. The molecule has 5 nitrogen and oxygen atoms in total. The van der Waals surface area contributed by atoms with Gasteiger partial charge in [-0.15, -0.1) is 0 Å². The van der Waals surface area contributed by atoms with Gasteiger partial charge in [0.2, 0.25) is 0 Å². The van der Waals surface area contributed by atoms with E-state index >= 15 is 0 Å². The molecule has 9 rings (SSSR count). The van der Waals surface area contributed by atoms with Crippen LogP contribution in [0.4, 0.5) is 11.4 Å². The predicted molar refractivity (Wildman–Crippen MR) is 203 cm³/mol. The van der Waals surface area contributed by atoms with Crippen LogP contribution in [0, 0.1) is 24.5 Å². The summed E-state index contributed by atoms with van der Waals surface area (Å²) in [6.07, 6.45) is 0. The number of fused-ring (bicyclic) bond motifs is 6. The molecule has 0 N–H and O–H groups in total. The third-order valence-corrected chi connectivity index (χ3v) is 9.60. The minimum Gasteiger partial charge on any atom is -0.309 e. The second kappa shape index (κ2) is 11.4. The van der Waals surface area contributed by atoms with E-state index in [4.69, 9.17) is 13.1 Å². The maximum atomic E-state index is 9.72. The zero-order valence-electron chi connectivity index (χ0n) is 26.7. The van der Waals surface area contributed by atoms with Crippen molar-refractivity contribution in [1.29, 1.82) is 5.26 Å². The number of hydrogen-bond donors (Lipinski definition) is 0. The Labute approximate surface area is 288 Å². The minimum absolute atomic E-state index is 0.548. The molecule has 0 spiro atoms. The van der Waals surface area contributed by atoms with Crippen molar-refractivity contribution >= 4 is 55.0 Å². The van der Waals surface area contributed by atoms with Gasteiger partial charge in [-0.05, 0) is 82.7 Å². The van der Waals surface area contributed by atoms with Crippen LogP contribution in [-0.2, 0) is 0 Å². The molecular formula is C45H25N5. The van der Waals surface area contributed by atoms with Crippen molar-refractivity contribution in [2.45, 2.75) is 0 Å². The first-order valence-corrected chi connectivity index (χ1v) is 16.2. The molecule has 2 aromatic heterocycles. The summed E-state index contributed by atoms with van der Waals surface area (Å²) < 4.78 is 4.50. The Morgan fingerprint density at radius 2 is 1.04 bits per heavy atom. The predicted octanol–water partition coefficient (Wildman–Crippen LogP) is 12.2. The third kappa shape index (κ3) is 4.31. The number of aromatic nitrogens is 2. The normalized spacial score (nSPS) is 11.1.